The second-order valence-corrected chi connectivity index (χ2v) is 5.20. The molecule has 0 radical (unpaired) electrons. The molecule has 0 heterocycles. The maximum absolute atomic E-state index is 11.9. The fraction of sp³-hybridized carbons (Fsp3) is 0.222. The minimum absolute atomic E-state index is 0.219. The Balaban J connectivity index is 1.91. The van der Waals surface area contributed by atoms with Crippen molar-refractivity contribution in [2.24, 2.45) is 0 Å². The van der Waals surface area contributed by atoms with Crippen LogP contribution >= 0.6 is 0 Å². The zero-order chi connectivity index (χ0) is 16.7. The fourth-order valence-electron chi connectivity index (χ4n) is 2.15. The Morgan fingerprint density at radius 3 is 2.39 bits per heavy atom. The molecule has 0 aromatic heterocycles. The lowest BCUT2D eigenvalue weighted by molar-refractivity contribution is -0.142. The molecule has 0 fully saturated rings. The number of carboxylic acid groups (broad SMARTS) is 1. The van der Waals surface area contributed by atoms with Gasteiger partial charge in [-0.15, -0.1) is 0 Å². The number of aryl methyl sites for hydroxylation is 1. The average Bonchev–Trinajstić information content (AvgIpc) is 2.54. The van der Waals surface area contributed by atoms with Crippen LogP contribution in [-0.4, -0.2) is 29.6 Å². The van der Waals surface area contributed by atoms with Gasteiger partial charge in [-0.05, 0) is 24.1 Å². The fourth-order valence-corrected chi connectivity index (χ4v) is 2.15. The van der Waals surface area contributed by atoms with E-state index in [9.17, 15) is 14.7 Å². The normalized spacial score (nSPS) is 11.5. The van der Waals surface area contributed by atoms with E-state index in [1.165, 1.54) is 0 Å². The number of benzene rings is 2. The lowest BCUT2D eigenvalue weighted by Gasteiger charge is -2.15. The summed E-state index contributed by atoms with van der Waals surface area (Å²) in [6.07, 6.45) is 0.228. The second-order valence-electron chi connectivity index (χ2n) is 5.20. The van der Waals surface area contributed by atoms with Crippen LogP contribution < -0.4 is 10.1 Å². The van der Waals surface area contributed by atoms with Gasteiger partial charge in [-0.25, -0.2) is 4.79 Å². The molecule has 23 heavy (non-hydrogen) atoms. The lowest BCUT2D eigenvalue weighted by Crippen LogP contribution is -2.44. The van der Waals surface area contributed by atoms with E-state index in [-0.39, 0.29) is 13.0 Å². The Kier molecular flexibility index (Phi) is 5.74. The summed E-state index contributed by atoms with van der Waals surface area (Å²) < 4.78 is 5.42. The van der Waals surface area contributed by atoms with Crippen LogP contribution in [0.15, 0.2) is 54.6 Å². The molecule has 120 valence electrons. The molecule has 0 aliphatic carbocycles. The number of carboxylic acids is 1. The third-order valence-electron chi connectivity index (χ3n) is 3.37. The summed E-state index contributed by atoms with van der Waals surface area (Å²) in [6, 6.07) is 15.5. The van der Waals surface area contributed by atoms with E-state index in [0.29, 0.717) is 5.75 Å². The van der Waals surface area contributed by atoms with Crippen molar-refractivity contribution in [3.8, 4) is 5.75 Å². The van der Waals surface area contributed by atoms with E-state index >= 15 is 0 Å². The zero-order valence-corrected chi connectivity index (χ0v) is 12.9. The molecule has 0 aliphatic rings. The van der Waals surface area contributed by atoms with Crippen LogP contribution in [0.3, 0.4) is 0 Å². The summed E-state index contributed by atoms with van der Waals surface area (Å²) in [6.45, 7) is 1.66. The molecule has 0 saturated heterocycles. The molecular weight excluding hydrogens is 294 g/mol. The summed E-state index contributed by atoms with van der Waals surface area (Å²) in [5.74, 6) is -0.924. The number of carbonyl (C=O) groups is 2. The number of rotatable bonds is 7. The highest BCUT2D eigenvalue weighted by atomic mass is 16.5. The largest absolute Gasteiger partial charge is 0.484 e. The van der Waals surface area contributed by atoms with E-state index in [2.05, 4.69) is 5.32 Å². The number of ether oxygens (including phenoxy) is 1. The lowest BCUT2D eigenvalue weighted by atomic mass is 10.1. The first-order valence-corrected chi connectivity index (χ1v) is 7.31. The molecule has 2 aromatic carbocycles. The van der Waals surface area contributed by atoms with Gasteiger partial charge in [0.15, 0.2) is 6.61 Å². The van der Waals surface area contributed by atoms with Crippen LogP contribution in [0.4, 0.5) is 0 Å². The van der Waals surface area contributed by atoms with Gasteiger partial charge in [0.25, 0.3) is 5.91 Å². The molecule has 0 bridgehead atoms. The number of amides is 1. The predicted octanol–water partition coefficient (Wildman–Crippen LogP) is 2.19. The molecule has 1 amide bonds. The maximum Gasteiger partial charge on any atom is 0.326 e. The first kappa shape index (κ1) is 16.5. The van der Waals surface area contributed by atoms with E-state index in [4.69, 9.17) is 4.74 Å². The van der Waals surface area contributed by atoms with Crippen LogP contribution in [0.1, 0.15) is 11.1 Å². The third-order valence-corrected chi connectivity index (χ3v) is 3.37. The number of aliphatic carboxylic acids is 1. The summed E-state index contributed by atoms with van der Waals surface area (Å²) in [5, 5.41) is 11.7. The second kappa shape index (κ2) is 7.98. The molecule has 0 spiro atoms. The average molecular weight is 313 g/mol. The smallest absolute Gasteiger partial charge is 0.326 e. The van der Waals surface area contributed by atoms with Crippen LogP contribution in [-0.2, 0) is 16.0 Å². The Labute approximate surface area is 134 Å². The van der Waals surface area contributed by atoms with Gasteiger partial charge >= 0.3 is 5.97 Å². The summed E-state index contributed by atoms with van der Waals surface area (Å²) in [5.41, 5.74) is 1.76. The Hall–Kier alpha value is -2.82. The van der Waals surface area contributed by atoms with Crippen LogP contribution in [0.5, 0.6) is 5.75 Å². The maximum atomic E-state index is 11.9. The first-order valence-electron chi connectivity index (χ1n) is 7.31. The van der Waals surface area contributed by atoms with E-state index in [1.54, 1.807) is 6.07 Å². The number of hydrogen-bond acceptors (Lipinski definition) is 3. The highest BCUT2D eigenvalue weighted by Crippen LogP contribution is 2.15. The number of nitrogens with one attached hydrogen (secondary N) is 1. The Morgan fingerprint density at radius 2 is 1.74 bits per heavy atom. The molecule has 2 aromatic rings. The highest BCUT2D eigenvalue weighted by molar-refractivity contribution is 5.84. The molecule has 5 heteroatoms. The van der Waals surface area contributed by atoms with Crippen molar-refractivity contribution in [3.05, 3.63) is 65.7 Å². The van der Waals surface area contributed by atoms with Crippen LogP contribution in [0.2, 0.25) is 0 Å². The molecule has 2 rings (SSSR count). The molecule has 0 aliphatic heterocycles. The molecule has 5 nitrogen and oxygen atoms in total. The minimum atomic E-state index is -1.07. The molecule has 1 unspecified atom stereocenters. The minimum Gasteiger partial charge on any atom is -0.484 e. The van der Waals surface area contributed by atoms with Crippen molar-refractivity contribution in [1.82, 2.24) is 5.32 Å². The third kappa shape index (κ3) is 5.14. The van der Waals surface area contributed by atoms with Crippen LogP contribution in [0.25, 0.3) is 0 Å². The van der Waals surface area contributed by atoms with E-state index in [1.807, 2.05) is 55.5 Å². The van der Waals surface area contributed by atoms with Gasteiger partial charge in [-0.2, -0.15) is 0 Å². The topological polar surface area (TPSA) is 75.6 Å². The molecule has 0 saturated carbocycles. The van der Waals surface area contributed by atoms with Gasteiger partial charge in [0, 0.05) is 6.42 Å². The van der Waals surface area contributed by atoms with Crippen molar-refractivity contribution in [3.63, 3.8) is 0 Å². The predicted molar refractivity (Wildman–Crippen MR) is 86.4 cm³/mol. The number of carbonyl (C=O) groups excluding carboxylic acids is 1. The van der Waals surface area contributed by atoms with E-state index in [0.717, 1.165) is 11.1 Å². The standard InChI is InChI=1S/C18H19NO4/c1-13-7-5-6-10-16(13)23-12-17(20)19-15(18(21)22)11-14-8-3-2-4-9-14/h2-10,15H,11-12H2,1H3,(H,19,20)(H,21,22). The van der Waals surface area contributed by atoms with Gasteiger partial charge in [0.2, 0.25) is 0 Å². The Bertz CT molecular complexity index is 670. The van der Waals surface area contributed by atoms with Crippen molar-refractivity contribution >= 4 is 11.9 Å². The SMILES string of the molecule is Cc1ccccc1OCC(=O)NC(Cc1ccccc1)C(=O)O. The summed E-state index contributed by atoms with van der Waals surface area (Å²) in [4.78, 5) is 23.2. The van der Waals surface area contributed by atoms with Gasteiger partial charge in [0.1, 0.15) is 11.8 Å². The van der Waals surface area contributed by atoms with Gasteiger partial charge in [0.05, 0.1) is 0 Å². The molecule has 1 atom stereocenters. The van der Waals surface area contributed by atoms with Crippen LogP contribution in [0, 0.1) is 6.92 Å². The summed E-state index contributed by atoms with van der Waals surface area (Å²) in [7, 11) is 0. The van der Waals surface area contributed by atoms with Gasteiger partial charge in [-0.1, -0.05) is 48.5 Å². The summed E-state index contributed by atoms with van der Waals surface area (Å²) >= 11 is 0. The van der Waals surface area contributed by atoms with Gasteiger partial charge < -0.3 is 15.2 Å². The van der Waals surface area contributed by atoms with Crippen molar-refractivity contribution in [2.75, 3.05) is 6.61 Å². The number of para-hydroxylation sites is 1. The van der Waals surface area contributed by atoms with Crippen molar-refractivity contribution in [2.45, 2.75) is 19.4 Å². The van der Waals surface area contributed by atoms with Crippen molar-refractivity contribution in [1.29, 1.82) is 0 Å². The molecular formula is C18H19NO4. The Morgan fingerprint density at radius 1 is 1.09 bits per heavy atom. The quantitative estimate of drug-likeness (QED) is 0.821. The first-order chi connectivity index (χ1) is 11.1. The van der Waals surface area contributed by atoms with Gasteiger partial charge in [-0.3, -0.25) is 4.79 Å². The zero-order valence-electron chi connectivity index (χ0n) is 12.9. The molecule has 2 N–H and O–H groups in total. The monoisotopic (exact) mass is 313 g/mol. The highest BCUT2D eigenvalue weighted by Gasteiger charge is 2.20. The van der Waals surface area contributed by atoms with E-state index < -0.39 is 17.9 Å². The van der Waals surface area contributed by atoms with Crippen molar-refractivity contribution < 1.29 is 19.4 Å². The number of hydrogen-bond donors (Lipinski definition) is 2.